The number of carbonyl (C=O) groups is 1. The molecule has 118 valence electrons. The van der Waals surface area contributed by atoms with Gasteiger partial charge in [0.15, 0.2) is 0 Å². The summed E-state index contributed by atoms with van der Waals surface area (Å²) in [7, 11) is 1.46. The minimum atomic E-state index is -0.168. The van der Waals surface area contributed by atoms with Crippen molar-refractivity contribution < 1.29 is 9.53 Å². The normalized spacial score (nSPS) is 19.2. The molecule has 1 heterocycles. The molecule has 1 unspecified atom stereocenters. The van der Waals surface area contributed by atoms with Crippen molar-refractivity contribution in [3.05, 3.63) is 0 Å². The molecule has 0 aromatic heterocycles. The van der Waals surface area contributed by atoms with Gasteiger partial charge in [-0.2, -0.15) is 0 Å². The SMILES string of the molecule is CCNC(CCN1CCN(CC(C)C)CC1)C(=O)OC. The maximum atomic E-state index is 11.6. The third-order valence-corrected chi connectivity index (χ3v) is 3.76. The van der Waals surface area contributed by atoms with Gasteiger partial charge in [0, 0.05) is 39.3 Å². The van der Waals surface area contributed by atoms with E-state index in [9.17, 15) is 4.79 Å². The lowest BCUT2D eigenvalue weighted by atomic mass is 10.1. The molecule has 1 aliphatic heterocycles. The summed E-state index contributed by atoms with van der Waals surface area (Å²) in [6.07, 6.45) is 0.824. The Balaban J connectivity index is 2.27. The van der Waals surface area contributed by atoms with Gasteiger partial charge in [0.1, 0.15) is 6.04 Å². The van der Waals surface area contributed by atoms with Crippen LogP contribution in [0.25, 0.3) is 0 Å². The van der Waals surface area contributed by atoms with Crippen LogP contribution < -0.4 is 5.32 Å². The second-order valence-corrected chi connectivity index (χ2v) is 5.96. The Hall–Kier alpha value is -0.650. The average molecular weight is 285 g/mol. The van der Waals surface area contributed by atoms with E-state index in [1.54, 1.807) is 0 Å². The molecule has 0 aliphatic carbocycles. The van der Waals surface area contributed by atoms with Crippen LogP contribution in [0, 0.1) is 5.92 Å². The summed E-state index contributed by atoms with van der Waals surface area (Å²) >= 11 is 0. The van der Waals surface area contributed by atoms with Crippen molar-refractivity contribution in [2.24, 2.45) is 5.92 Å². The predicted octanol–water partition coefficient (Wildman–Crippen LogP) is 0.801. The summed E-state index contributed by atoms with van der Waals surface area (Å²) in [6, 6.07) is -0.168. The summed E-state index contributed by atoms with van der Waals surface area (Å²) in [5, 5.41) is 3.20. The molecule has 0 spiro atoms. The number of nitrogens with zero attached hydrogens (tertiary/aromatic N) is 2. The standard InChI is InChI=1S/C15H31N3O2/c1-5-16-14(15(19)20-4)6-7-17-8-10-18(11-9-17)12-13(2)3/h13-14,16H,5-12H2,1-4H3. The van der Waals surface area contributed by atoms with Gasteiger partial charge in [-0.3, -0.25) is 4.79 Å². The summed E-state index contributed by atoms with van der Waals surface area (Å²) < 4.78 is 4.84. The van der Waals surface area contributed by atoms with E-state index in [2.05, 4.69) is 29.0 Å². The Morgan fingerprint density at radius 3 is 2.30 bits per heavy atom. The molecule has 0 amide bonds. The first-order valence-electron chi connectivity index (χ1n) is 7.82. The second kappa shape index (κ2) is 9.32. The third-order valence-electron chi connectivity index (χ3n) is 3.76. The molecule has 5 heteroatoms. The first kappa shape index (κ1) is 17.4. The molecule has 1 saturated heterocycles. The van der Waals surface area contributed by atoms with Crippen molar-refractivity contribution in [3.63, 3.8) is 0 Å². The number of hydrogen-bond acceptors (Lipinski definition) is 5. The highest BCUT2D eigenvalue weighted by Crippen LogP contribution is 2.07. The molecule has 0 aromatic carbocycles. The van der Waals surface area contributed by atoms with Gasteiger partial charge < -0.3 is 19.9 Å². The Morgan fingerprint density at radius 1 is 1.20 bits per heavy atom. The van der Waals surface area contributed by atoms with Gasteiger partial charge in [0.05, 0.1) is 7.11 Å². The van der Waals surface area contributed by atoms with Gasteiger partial charge in [-0.15, -0.1) is 0 Å². The molecular formula is C15H31N3O2. The number of methoxy groups -OCH3 is 1. The van der Waals surface area contributed by atoms with Crippen molar-refractivity contribution in [1.29, 1.82) is 0 Å². The molecule has 1 rings (SSSR count). The lowest BCUT2D eigenvalue weighted by molar-refractivity contribution is -0.143. The molecule has 20 heavy (non-hydrogen) atoms. The average Bonchev–Trinajstić information content (AvgIpc) is 2.43. The number of ether oxygens (including phenoxy) is 1. The van der Waals surface area contributed by atoms with E-state index in [1.165, 1.54) is 13.7 Å². The molecule has 0 radical (unpaired) electrons. The molecule has 0 saturated carbocycles. The van der Waals surface area contributed by atoms with Crippen LogP contribution >= 0.6 is 0 Å². The minimum Gasteiger partial charge on any atom is -0.468 e. The van der Waals surface area contributed by atoms with E-state index in [1.807, 2.05) is 6.92 Å². The Labute approximate surface area is 123 Å². The maximum Gasteiger partial charge on any atom is 0.322 e. The van der Waals surface area contributed by atoms with Crippen LogP contribution in [0.2, 0.25) is 0 Å². The van der Waals surface area contributed by atoms with Crippen LogP contribution in [-0.2, 0) is 9.53 Å². The summed E-state index contributed by atoms with van der Waals surface area (Å²) in [5.41, 5.74) is 0. The number of likely N-dealkylation sites (N-methyl/N-ethyl adjacent to an activating group) is 1. The molecule has 5 nitrogen and oxygen atoms in total. The zero-order chi connectivity index (χ0) is 15.0. The van der Waals surface area contributed by atoms with E-state index in [0.717, 1.165) is 51.6 Å². The number of esters is 1. The molecule has 1 N–H and O–H groups in total. The van der Waals surface area contributed by atoms with Crippen LogP contribution in [0.4, 0.5) is 0 Å². The Morgan fingerprint density at radius 2 is 1.80 bits per heavy atom. The molecule has 1 fully saturated rings. The van der Waals surface area contributed by atoms with E-state index in [-0.39, 0.29) is 12.0 Å². The Bertz CT molecular complexity index is 276. The van der Waals surface area contributed by atoms with Gasteiger partial charge in [-0.05, 0) is 18.9 Å². The largest absolute Gasteiger partial charge is 0.468 e. The fourth-order valence-corrected chi connectivity index (χ4v) is 2.72. The number of piperazine rings is 1. The highest BCUT2D eigenvalue weighted by Gasteiger charge is 2.21. The summed E-state index contributed by atoms with van der Waals surface area (Å²) in [4.78, 5) is 16.6. The summed E-state index contributed by atoms with van der Waals surface area (Å²) in [6.45, 7) is 14.0. The van der Waals surface area contributed by atoms with Gasteiger partial charge in [0.2, 0.25) is 0 Å². The fraction of sp³-hybridized carbons (Fsp3) is 0.933. The lowest BCUT2D eigenvalue weighted by Crippen LogP contribution is -2.49. The second-order valence-electron chi connectivity index (χ2n) is 5.96. The predicted molar refractivity (Wildman–Crippen MR) is 81.8 cm³/mol. The third kappa shape index (κ3) is 6.20. The van der Waals surface area contributed by atoms with Crippen molar-refractivity contribution in [1.82, 2.24) is 15.1 Å². The lowest BCUT2D eigenvalue weighted by Gasteiger charge is -2.36. The monoisotopic (exact) mass is 285 g/mol. The van der Waals surface area contributed by atoms with E-state index >= 15 is 0 Å². The van der Waals surface area contributed by atoms with Crippen LogP contribution in [0.1, 0.15) is 27.2 Å². The number of nitrogens with one attached hydrogen (secondary N) is 1. The van der Waals surface area contributed by atoms with E-state index in [0.29, 0.717) is 0 Å². The number of carbonyl (C=O) groups excluding carboxylic acids is 1. The van der Waals surface area contributed by atoms with Crippen molar-refractivity contribution in [2.45, 2.75) is 33.2 Å². The van der Waals surface area contributed by atoms with Gasteiger partial charge in [-0.25, -0.2) is 0 Å². The fourth-order valence-electron chi connectivity index (χ4n) is 2.72. The molecule has 0 aromatic rings. The van der Waals surface area contributed by atoms with Gasteiger partial charge in [-0.1, -0.05) is 20.8 Å². The van der Waals surface area contributed by atoms with E-state index in [4.69, 9.17) is 4.74 Å². The van der Waals surface area contributed by atoms with Crippen molar-refractivity contribution in [2.75, 3.05) is 52.9 Å². The minimum absolute atomic E-state index is 0.148. The van der Waals surface area contributed by atoms with Crippen LogP contribution in [-0.4, -0.2) is 74.7 Å². The maximum absolute atomic E-state index is 11.6. The zero-order valence-electron chi connectivity index (χ0n) is 13.5. The van der Waals surface area contributed by atoms with Crippen molar-refractivity contribution in [3.8, 4) is 0 Å². The van der Waals surface area contributed by atoms with Crippen LogP contribution in [0.3, 0.4) is 0 Å². The quantitative estimate of drug-likeness (QED) is 0.668. The Kier molecular flexibility index (Phi) is 8.11. The first-order chi connectivity index (χ1) is 9.56. The smallest absolute Gasteiger partial charge is 0.322 e. The molecule has 1 atom stereocenters. The van der Waals surface area contributed by atoms with Gasteiger partial charge >= 0.3 is 5.97 Å². The zero-order valence-corrected chi connectivity index (χ0v) is 13.5. The van der Waals surface area contributed by atoms with E-state index < -0.39 is 0 Å². The van der Waals surface area contributed by atoms with Crippen molar-refractivity contribution >= 4 is 5.97 Å². The van der Waals surface area contributed by atoms with Crippen LogP contribution in [0.5, 0.6) is 0 Å². The molecule has 1 aliphatic rings. The highest BCUT2D eigenvalue weighted by molar-refractivity contribution is 5.75. The first-order valence-corrected chi connectivity index (χ1v) is 7.82. The molecular weight excluding hydrogens is 254 g/mol. The number of rotatable bonds is 8. The molecule has 0 bridgehead atoms. The van der Waals surface area contributed by atoms with Gasteiger partial charge in [0.25, 0.3) is 0 Å². The topological polar surface area (TPSA) is 44.8 Å². The highest BCUT2D eigenvalue weighted by atomic mass is 16.5. The number of hydrogen-bond donors (Lipinski definition) is 1. The van der Waals surface area contributed by atoms with Crippen LogP contribution in [0.15, 0.2) is 0 Å². The summed E-state index contributed by atoms with van der Waals surface area (Å²) in [5.74, 6) is 0.587.